The minimum atomic E-state index is -0.928. The molecule has 24 heavy (non-hydrogen) atoms. The van der Waals surface area contributed by atoms with E-state index < -0.39 is 17.7 Å². The Morgan fingerprint density at radius 2 is 2.00 bits per heavy atom. The SMILES string of the molecule is Cc1nc2sc3c(c2c2c1[C@@H](C(=O)O)OC(C)(C)[C@H]2C)CCCC3. The molecule has 0 spiro atoms. The maximum atomic E-state index is 11.9. The molecule has 1 aliphatic carbocycles. The van der Waals surface area contributed by atoms with Gasteiger partial charge < -0.3 is 9.84 Å². The molecule has 4 nitrogen and oxygen atoms in total. The highest BCUT2D eigenvalue weighted by Gasteiger charge is 2.44. The zero-order valence-electron chi connectivity index (χ0n) is 14.6. The normalized spacial score (nSPS) is 25.3. The van der Waals surface area contributed by atoms with Crippen LogP contribution < -0.4 is 0 Å². The second-order valence-electron chi connectivity index (χ2n) is 7.58. The van der Waals surface area contributed by atoms with Crippen molar-refractivity contribution in [1.29, 1.82) is 0 Å². The Kier molecular flexibility index (Phi) is 3.52. The maximum absolute atomic E-state index is 11.9. The van der Waals surface area contributed by atoms with Crippen molar-refractivity contribution < 1.29 is 14.6 Å². The predicted octanol–water partition coefficient (Wildman–Crippen LogP) is 4.52. The van der Waals surface area contributed by atoms with E-state index in [0.717, 1.165) is 28.9 Å². The van der Waals surface area contributed by atoms with Crippen molar-refractivity contribution in [1.82, 2.24) is 4.98 Å². The number of carboxylic acids is 1. The van der Waals surface area contributed by atoms with Crippen LogP contribution in [0.2, 0.25) is 0 Å². The Morgan fingerprint density at radius 3 is 2.71 bits per heavy atom. The van der Waals surface area contributed by atoms with Crippen LogP contribution in [-0.2, 0) is 22.4 Å². The molecule has 0 fully saturated rings. The molecule has 128 valence electrons. The van der Waals surface area contributed by atoms with Crippen LogP contribution in [0.25, 0.3) is 10.2 Å². The Labute approximate surface area is 145 Å². The first-order valence-electron chi connectivity index (χ1n) is 8.66. The Morgan fingerprint density at radius 1 is 1.29 bits per heavy atom. The van der Waals surface area contributed by atoms with Crippen molar-refractivity contribution >= 4 is 27.5 Å². The predicted molar refractivity (Wildman–Crippen MR) is 95.0 cm³/mol. The van der Waals surface area contributed by atoms with Crippen molar-refractivity contribution in [2.75, 3.05) is 0 Å². The number of nitrogens with zero attached hydrogens (tertiary/aromatic N) is 1. The molecule has 0 unspecified atom stereocenters. The van der Waals surface area contributed by atoms with Crippen LogP contribution in [0.15, 0.2) is 0 Å². The van der Waals surface area contributed by atoms with Gasteiger partial charge in [0, 0.05) is 27.4 Å². The maximum Gasteiger partial charge on any atom is 0.337 e. The average molecular weight is 345 g/mol. The van der Waals surface area contributed by atoms with Crippen LogP contribution in [0.3, 0.4) is 0 Å². The summed E-state index contributed by atoms with van der Waals surface area (Å²) in [5.74, 6) is -0.794. The Balaban J connectivity index is 2.10. The van der Waals surface area contributed by atoms with Gasteiger partial charge >= 0.3 is 5.97 Å². The number of ether oxygens (including phenoxy) is 1. The van der Waals surface area contributed by atoms with Gasteiger partial charge in [-0.15, -0.1) is 11.3 Å². The lowest BCUT2D eigenvalue weighted by Crippen LogP contribution is -2.41. The quantitative estimate of drug-likeness (QED) is 0.825. The molecule has 1 aliphatic heterocycles. The Hall–Kier alpha value is -1.46. The smallest absolute Gasteiger partial charge is 0.337 e. The van der Waals surface area contributed by atoms with E-state index in [0.29, 0.717) is 0 Å². The molecule has 2 aromatic heterocycles. The third-order valence-electron chi connectivity index (χ3n) is 5.76. The number of aliphatic carboxylic acids is 1. The summed E-state index contributed by atoms with van der Waals surface area (Å²) in [5, 5.41) is 11.0. The number of aryl methyl sites for hydroxylation is 3. The van der Waals surface area contributed by atoms with Gasteiger partial charge in [0.25, 0.3) is 0 Å². The second-order valence-corrected chi connectivity index (χ2v) is 8.66. The topological polar surface area (TPSA) is 59.4 Å². The lowest BCUT2D eigenvalue weighted by molar-refractivity contribution is -0.167. The van der Waals surface area contributed by atoms with Gasteiger partial charge in [-0.05, 0) is 57.6 Å². The molecule has 2 aromatic rings. The van der Waals surface area contributed by atoms with Gasteiger partial charge in [-0.2, -0.15) is 0 Å². The minimum Gasteiger partial charge on any atom is -0.479 e. The van der Waals surface area contributed by atoms with Crippen molar-refractivity contribution in [2.45, 2.75) is 71.0 Å². The number of thiophene rings is 1. The molecule has 0 amide bonds. The fourth-order valence-electron chi connectivity index (χ4n) is 4.22. The molecule has 0 saturated carbocycles. The van der Waals surface area contributed by atoms with E-state index in [2.05, 4.69) is 6.92 Å². The summed E-state index contributed by atoms with van der Waals surface area (Å²) in [7, 11) is 0. The monoisotopic (exact) mass is 345 g/mol. The average Bonchev–Trinajstić information content (AvgIpc) is 2.87. The molecular weight excluding hydrogens is 322 g/mol. The first-order chi connectivity index (χ1) is 11.3. The lowest BCUT2D eigenvalue weighted by Gasteiger charge is -2.42. The number of aromatic nitrogens is 1. The summed E-state index contributed by atoms with van der Waals surface area (Å²) in [5.41, 5.74) is 3.65. The number of pyridine rings is 1. The highest BCUT2D eigenvalue weighted by atomic mass is 32.1. The fraction of sp³-hybridized carbons (Fsp3) is 0.579. The van der Waals surface area contributed by atoms with E-state index in [4.69, 9.17) is 9.72 Å². The first-order valence-corrected chi connectivity index (χ1v) is 9.48. The van der Waals surface area contributed by atoms with Gasteiger partial charge in [-0.3, -0.25) is 0 Å². The lowest BCUT2D eigenvalue weighted by atomic mass is 9.76. The molecule has 2 atom stereocenters. The van der Waals surface area contributed by atoms with Crippen LogP contribution in [0, 0.1) is 6.92 Å². The molecule has 0 saturated heterocycles. The van der Waals surface area contributed by atoms with Crippen molar-refractivity contribution in [3.63, 3.8) is 0 Å². The third-order valence-corrected chi connectivity index (χ3v) is 6.94. The molecule has 1 N–H and O–H groups in total. The van der Waals surface area contributed by atoms with E-state index in [1.54, 1.807) is 11.3 Å². The van der Waals surface area contributed by atoms with Crippen LogP contribution in [0.1, 0.15) is 72.9 Å². The van der Waals surface area contributed by atoms with Gasteiger partial charge in [0.05, 0.1) is 5.60 Å². The van der Waals surface area contributed by atoms with Crippen LogP contribution >= 0.6 is 11.3 Å². The molecule has 0 aromatic carbocycles. The summed E-state index contributed by atoms with van der Waals surface area (Å²) in [6, 6.07) is 0. The molecule has 3 heterocycles. The van der Waals surface area contributed by atoms with Gasteiger partial charge in [-0.1, -0.05) is 6.92 Å². The number of fused-ring (bicyclic) bond motifs is 5. The summed E-state index contributed by atoms with van der Waals surface area (Å²) in [4.78, 5) is 19.2. The largest absolute Gasteiger partial charge is 0.479 e. The van der Waals surface area contributed by atoms with E-state index in [9.17, 15) is 9.90 Å². The number of rotatable bonds is 1. The zero-order valence-corrected chi connectivity index (χ0v) is 15.4. The number of hydrogen-bond donors (Lipinski definition) is 1. The number of hydrogen-bond acceptors (Lipinski definition) is 4. The van der Waals surface area contributed by atoms with Crippen LogP contribution in [0.5, 0.6) is 0 Å². The third kappa shape index (κ3) is 2.14. The minimum absolute atomic E-state index is 0.132. The molecule has 5 heteroatoms. The van der Waals surface area contributed by atoms with Gasteiger partial charge in [0.1, 0.15) is 4.83 Å². The van der Waals surface area contributed by atoms with Crippen LogP contribution in [0.4, 0.5) is 0 Å². The number of carboxylic acid groups (broad SMARTS) is 1. The van der Waals surface area contributed by atoms with E-state index in [1.807, 2.05) is 20.8 Å². The van der Waals surface area contributed by atoms with Crippen molar-refractivity contribution in [3.05, 3.63) is 27.3 Å². The van der Waals surface area contributed by atoms with Crippen LogP contribution in [-0.4, -0.2) is 21.7 Å². The first kappa shape index (κ1) is 16.0. The molecule has 0 radical (unpaired) electrons. The van der Waals surface area contributed by atoms with E-state index in [1.165, 1.54) is 34.2 Å². The summed E-state index contributed by atoms with van der Waals surface area (Å²) in [6.07, 6.45) is 3.72. The van der Waals surface area contributed by atoms with Gasteiger partial charge in [-0.25, -0.2) is 9.78 Å². The van der Waals surface area contributed by atoms with Crippen molar-refractivity contribution in [2.24, 2.45) is 0 Å². The Bertz CT molecular complexity index is 852. The fourth-order valence-corrected chi connectivity index (χ4v) is 5.54. The molecule has 2 aliphatic rings. The molecule has 0 bridgehead atoms. The second kappa shape index (κ2) is 5.27. The van der Waals surface area contributed by atoms with Gasteiger partial charge in [0.15, 0.2) is 6.10 Å². The van der Waals surface area contributed by atoms with Crippen molar-refractivity contribution in [3.8, 4) is 0 Å². The number of carbonyl (C=O) groups is 1. The molecular formula is C19H23NO3S. The summed E-state index contributed by atoms with van der Waals surface area (Å²) >= 11 is 1.80. The highest BCUT2D eigenvalue weighted by molar-refractivity contribution is 7.18. The van der Waals surface area contributed by atoms with Gasteiger partial charge in [0.2, 0.25) is 0 Å². The molecule has 4 rings (SSSR count). The van der Waals surface area contributed by atoms with E-state index in [-0.39, 0.29) is 5.92 Å². The summed E-state index contributed by atoms with van der Waals surface area (Å²) < 4.78 is 5.99. The highest BCUT2D eigenvalue weighted by Crippen LogP contribution is 2.50. The standard InChI is InChI=1S/C19H23NO3S/c1-9-13-14(16(18(21)22)23-19(9,3)4)10(2)20-17-15(13)11-7-5-6-8-12(11)24-17/h9,16H,5-8H2,1-4H3,(H,21,22)/t9-,16-/m0/s1. The summed E-state index contributed by atoms with van der Waals surface area (Å²) in [6.45, 7) is 8.07. The zero-order chi connectivity index (χ0) is 17.2. The van der Waals surface area contributed by atoms with E-state index >= 15 is 0 Å².